The highest BCUT2D eigenvalue weighted by atomic mass is 32.2. The molecule has 2 amide bonds. The predicted molar refractivity (Wildman–Crippen MR) is 122 cm³/mol. The summed E-state index contributed by atoms with van der Waals surface area (Å²) in [5.41, 5.74) is 2.86. The van der Waals surface area contributed by atoms with Gasteiger partial charge in [-0.15, -0.1) is 11.8 Å². The molecule has 29 heavy (non-hydrogen) atoms. The number of hydrogen-bond donors (Lipinski definition) is 2. The predicted octanol–water partition coefficient (Wildman–Crippen LogP) is 4.77. The van der Waals surface area contributed by atoms with Gasteiger partial charge in [0, 0.05) is 37.3 Å². The van der Waals surface area contributed by atoms with Gasteiger partial charge in [0.15, 0.2) is 5.13 Å². The molecule has 1 saturated heterocycles. The Morgan fingerprint density at radius 2 is 1.76 bits per heavy atom. The molecular formula is C21H28N4O2S2. The topological polar surface area (TPSA) is 74.3 Å². The maximum Gasteiger partial charge on any atom is 0.226 e. The molecule has 2 heterocycles. The number of carbonyl (C=O) groups is 2. The van der Waals surface area contributed by atoms with Gasteiger partial charge in [-0.25, -0.2) is 4.98 Å². The SMILES string of the molecule is CSc1sc(NC(=O)CCC(=O)Nc2ccc(N3CCC(C)CC3)cc2)nc1C. The third kappa shape index (κ3) is 6.21. The minimum atomic E-state index is -0.198. The summed E-state index contributed by atoms with van der Waals surface area (Å²) in [6.07, 6.45) is 4.69. The third-order valence-corrected chi connectivity index (χ3v) is 7.35. The molecule has 0 bridgehead atoms. The molecule has 0 spiro atoms. The van der Waals surface area contributed by atoms with E-state index < -0.39 is 0 Å². The van der Waals surface area contributed by atoms with Crippen molar-refractivity contribution < 1.29 is 9.59 Å². The second-order valence-electron chi connectivity index (χ2n) is 7.41. The molecule has 1 aromatic carbocycles. The molecule has 1 fully saturated rings. The lowest BCUT2D eigenvalue weighted by molar-refractivity contribution is -0.121. The second-order valence-corrected chi connectivity index (χ2v) is 9.48. The van der Waals surface area contributed by atoms with Crippen LogP contribution in [0.2, 0.25) is 0 Å². The molecule has 0 radical (unpaired) electrons. The Bertz CT molecular complexity index is 843. The molecule has 2 aromatic rings. The fourth-order valence-electron chi connectivity index (χ4n) is 3.28. The average molecular weight is 433 g/mol. The van der Waals surface area contributed by atoms with E-state index in [4.69, 9.17) is 0 Å². The van der Waals surface area contributed by atoms with E-state index in [1.165, 1.54) is 29.9 Å². The first-order chi connectivity index (χ1) is 13.9. The van der Waals surface area contributed by atoms with Crippen molar-refractivity contribution in [3.8, 4) is 0 Å². The fraction of sp³-hybridized carbons (Fsp3) is 0.476. The van der Waals surface area contributed by atoms with Crippen LogP contribution < -0.4 is 15.5 Å². The third-order valence-electron chi connectivity index (χ3n) is 5.06. The second kappa shape index (κ2) is 10.1. The highest BCUT2D eigenvalue weighted by Gasteiger charge is 2.16. The standard InChI is InChI=1S/C21H28N4O2S2/c1-14-10-12-25(13-11-14)17-6-4-16(5-7-17)23-18(26)8-9-19(27)24-21-22-15(2)20(28-3)29-21/h4-7,14H,8-13H2,1-3H3,(H,23,26)(H,22,24,27). The number of aromatic nitrogens is 1. The molecule has 3 rings (SSSR count). The molecule has 0 unspecified atom stereocenters. The first-order valence-electron chi connectivity index (χ1n) is 9.90. The molecule has 0 saturated carbocycles. The van der Waals surface area contributed by atoms with Crippen LogP contribution in [0.3, 0.4) is 0 Å². The smallest absolute Gasteiger partial charge is 0.226 e. The summed E-state index contributed by atoms with van der Waals surface area (Å²) in [5, 5.41) is 6.22. The lowest BCUT2D eigenvalue weighted by Crippen LogP contribution is -2.32. The van der Waals surface area contributed by atoms with Gasteiger partial charge in [-0.3, -0.25) is 9.59 Å². The Kier molecular flexibility index (Phi) is 7.55. The van der Waals surface area contributed by atoms with E-state index in [0.29, 0.717) is 5.13 Å². The van der Waals surface area contributed by atoms with Crippen molar-refractivity contribution in [2.24, 2.45) is 5.92 Å². The number of nitrogens with zero attached hydrogens (tertiary/aromatic N) is 2. The van der Waals surface area contributed by atoms with Crippen molar-refractivity contribution in [1.82, 2.24) is 4.98 Å². The first kappa shape index (κ1) is 21.6. The average Bonchev–Trinajstić information content (AvgIpc) is 3.07. The molecule has 1 aromatic heterocycles. The molecule has 0 aliphatic carbocycles. The molecule has 0 atom stereocenters. The number of rotatable bonds is 7. The van der Waals surface area contributed by atoms with Gasteiger partial charge in [-0.2, -0.15) is 0 Å². The number of amides is 2. The van der Waals surface area contributed by atoms with Crippen molar-refractivity contribution in [3.63, 3.8) is 0 Å². The van der Waals surface area contributed by atoms with Gasteiger partial charge in [-0.05, 0) is 56.2 Å². The monoisotopic (exact) mass is 432 g/mol. The summed E-state index contributed by atoms with van der Waals surface area (Å²) >= 11 is 3.06. The van der Waals surface area contributed by atoms with Crippen LogP contribution in [0.1, 0.15) is 38.3 Å². The van der Waals surface area contributed by atoms with Crippen LogP contribution in [0.15, 0.2) is 28.5 Å². The number of piperidine rings is 1. The quantitative estimate of drug-likeness (QED) is 0.617. The number of aryl methyl sites for hydroxylation is 1. The summed E-state index contributed by atoms with van der Waals surface area (Å²) in [7, 11) is 0. The number of anilines is 3. The normalized spacial score (nSPS) is 14.7. The van der Waals surface area contributed by atoms with E-state index in [9.17, 15) is 9.59 Å². The Morgan fingerprint density at radius 1 is 1.14 bits per heavy atom. The van der Waals surface area contributed by atoms with Gasteiger partial charge < -0.3 is 15.5 Å². The molecule has 156 valence electrons. The number of benzene rings is 1. The largest absolute Gasteiger partial charge is 0.372 e. The van der Waals surface area contributed by atoms with Gasteiger partial charge in [0.2, 0.25) is 11.8 Å². The maximum atomic E-state index is 12.2. The highest BCUT2D eigenvalue weighted by molar-refractivity contribution is 8.00. The Hall–Kier alpha value is -2.06. The van der Waals surface area contributed by atoms with Crippen LogP contribution in [-0.2, 0) is 9.59 Å². The van der Waals surface area contributed by atoms with Crippen LogP contribution in [0.25, 0.3) is 0 Å². The van der Waals surface area contributed by atoms with E-state index in [1.807, 2.05) is 37.4 Å². The minimum absolute atomic E-state index is 0.128. The summed E-state index contributed by atoms with van der Waals surface area (Å²) in [4.78, 5) is 31.0. The lowest BCUT2D eigenvalue weighted by atomic mass is 9.99. The van der Waals surface area contributed by atoms with Crippen molar-refractivity contribution in [3.05, 3.63) is 30.0 Å². The lowest BCUT2D eigenvalue weighted by Gasteiger charge is -2.32. The van der Waals surface area contributed by atoms with Crippen molar-refractivity contribution >= 4 is 51.4 Å². The van der Waals surface area contributed by atoms with Crippen molar-refractivity contribution in [2.75, 3.05) is 34.9 Å². The van der Waals surface area contributed by atoms with Crippen LogP contribution >= 0.6 is 23.1 Å². The molecular weight excluding hydrogens is 404 g/mol. The highest BCUT2D eigenvalue weighted by Crippen LogP contribution is 2.30. The zero-order valence-corrected chi connectivity index (χ0v) is 18.8. The van der Waals surface area contributed by atoms with Gasteiger partial charge in [0.05, 0.1) is 9.90 Å². The zero-order valence-electron chi connectivity index (χ0n) is 17.2. The summed E-state index contributed by atoms with van der Waals surface area (Å²) in [6.45, 7) is 6.39. The van der Waals surface area contributed by atoms with Crippen LogP contribution in [0.4, 0.5) is 16.5 Å². The Balaban J connectivity index is 1.43. The molecule has 6 nitrogen and oxygen atoms in total. The number of carbonyl (C=O) groups excluding carboxylic acids is 2. The van der Waals surface area contributed by atoms with Gasteiger partial charge in [-0.1, -0.05) is 18.3 Å². The molecule has 8 heteroatoms. The van der Waals surface area contributed by atoms with Gasteiger partial charge in [0.25, 0.3) is 0 Å². The van der Waals surface area contributed by atoms with Crippen molar-refractivity contribution in [1.29, 1.82) is 0 Å². The summed E-state index contributed by atoms with van der Waals surface area (Å²) in [6, 6.07) is 7.94. The van der Waals surface area contributed by atoms with Gasteiger partial charge >= 0.3 is 0 Å². The van der Waals surface area contributed by atoms with E-state index in [-0.39, 0.29) is 24.7 Å². The zero-order chi connectivity index (χ0) is 20.8. The van der Waals surface area contributed by atoms with Crippen LogP contribution in [0.5, 0.6) is 0 Å². The molecule has 1 aliphatic heterocycles. The van der Waals surface area contributed by atoms with E-state index in [1.54, 1.807) is 11.8 Å². The maximum absolute atomic E-state index is 12.2. The minimum Gasteiger partial charge on any atom is -0.372 e. The van der Waals surface area contributed by atoms with E-state index >= 15 is 0 Å². The van der Waals surface area contributed by atoms with Crippen molar-refractivity contribution in [2.45, 2.75) is 43.7 Å². The number of nitrogens with one attached hydrogen (secondary N) is 2. The van der Waals surface area contributed by atoms with Crippen LogP contribution in [-0.4, -0.2) is 36.1 Å². The molecule has 1 aliphatic rings. The number of hydrogen-bond acceptors (Lipinski definition) is 6. The summed E-state index contributed by atoms with van der Waals surface area (Å²) < 4.78 is 1.08. The Morgan fingerprint density at radius 3 is 2.34 bits per heavy atom. The summed E-state index contributed by atoms with van der Waals surface area (Å²) in [5.74, 6) is 0.435. The van der Waals surface area contributed by atoms with E-state index in [0.717, 1.165) is 34.6 Å². The first-order valence-corrected chi connectivity index (χ1v) is 11.9. The number of thioether (sulfide) groups is 1. The fourth-order valence-corrected chi connectivity index (χ4v) is 4.91. The van der Waals surface area contributed by atoms with Crippen LogP contribution in [0, 0.1) is 12.8 Å². The Labute approximate surface area is 180 Å². The number of thiazole rings is 1. The molecule has 2 N–H and O–H groups in total. The van der Waals surface area contributed by atoms with E-state index in [2.05, 4.69) is 27.4 Å². The van der Waals surface area contributed by atoms with Gasteiger partial charge in [0.1, 0.15) is 0 Å².